The van der Waals surface area contributed by atoms with E-state index in [0.717, 1.165) is 6.07 Å². The molecule has 0 unspecified atom stereocenters. The van der Waals surface area contributed by atoms with Crippen molar-refractivity contribution in [3.8, 4) is 5.88 Å². The van der Waals surface area contributed by atoms with Gasteiger partial charge in [0.2, 0.25) is 5.88 Å². The minimum Gasteiger partial charge on any atom is -0.481 e. The number of aryl methyl sites for hydroxylation is 1. The van der Waals surface area contributed by atoms with E-state index in [1.165, 1.54) is 25.3 Å². The molecule has 3 aromatic rings. The highest BCUT2D eigenvalue weighted by molar-refractivity contribution is 7.92. The van der Waals surface area contributed by atoms with Gasteiger partial charge in [0.05, 0.1) is 12.0 Å². The third-order valence-electron chi connectivity index (χ3n) is 3.54. The van der Waals surface area contributed by atoms with Gasteiger partial charge in [-0.25, -0.2) is 17.8 Å². The largest absolute Gasteiger partial charge is 0.481 e. The summed E-state index contributed by atoms with van der Waals surface area (Å²) in [5, 5.41) is 3.09. The van der Waals surface area contributed by atoms with Crippen LogP contribution in [0.1, 0.15) is 5.82 Å². The molecular formula is C18H17FN4O3S. The number of hydrogen-bond donors (Lipinski definition) is 2. The first kappa shape index (κ1) is 18.6. The minimum absolute atomic E-state index is 0.145. The molecule has 0 radical (unpaired) electrons. The summed E-state index contributed by atoms with van der Waals surface area (Å²) < 4.78 is 45.4. The van der Waals surface area contributed by atoms with Crippen molar-refractivity contribution in [1.29, 1.82) is 0 Å². The number of methoxy groups -OCH3 is 1. The van der Waals surface area contributed by atoms with E-state index in [0.29, 0.717) is 28.9 Å². The van der Waals surface area contributed by atoms with Crippen LogP contribution < -0.4 is 14.8 Å². The van der Waals surface area contributed by atoms with E-state index in [1.54, 1.807) is 37.3 Å². The summed E-state index contributed by atoms with van der Waals surface area (Å²) in [6.07, 6.45) is 0. The molecule has 0 saturated heterocycles. The molecule has 0 aliphatic carbocycles. The Morgan fingerprint density at radius 1 is 1.00 bits per heavy atom. The lowest BCUT2D eigenvalue weighted by atomic mass is 10.3. The van der Waals surface area contributed by atoms with Gasteiger partial charge in [-0.3, -0.25) is 4.72 Å². The fraction of sp³-hybridized carbons (Fsp3) is 0.111. The second kappa shape index (κ2) is 7.58. The predicted octanol–water partition coefficient (Wildman–Crippen LogP) is 3.48. The molecule has 0 amide bonds. The number of nitrogens with zero attached hydrogens (tertiary/aromatic N) is 2. The van der Waals surface area contributed by atoms with Crippen LogP contribution >= 0.6 is 0 Å². The summed E-state index contributed by atoms with van der Waals surface area (Å²) in [4.78, 5) is 8.22. The molecule has 0 spiro atoms. The molecule has 1 heterocycles. The number of halogens is 1. The Morgan fingerprint density at radius 2 is 1.70 bits per heavy atom. The highest BCUT2D eigenvalue weighted by Gasteiger charge is 2.14. The van der Waals surface area contributed by atoms with E-state index in [9.17, 15) is 12.8 Å². The van der Waals surface area contributed by atoms with E-state index < -0.39 is 15.8 Å². The fourth-order valence-electron chi connectivity index (χ4n) is 2.33. The van der Waals surface area contributed by atoms with E-state index in [1.807, 2.05) is 0 Å². The first-order valence-corrected chi connectivity index (χ1v) is 9.39. The molecule has 0 aliphatic rings. The minimum atomic E-state index is -3.87. The molecule has 7 nitrogen and oxygen atoms in total. The van der Waals surface area contributed by atoms with Gasteiger partial charge in [-0.1, -0.05) is 6.07 Å². The fourth-order valence-corrected chi connectivity index (χ4v) is 3.42. The van der Waals surface area contributed by atoms with Crippen LogP contribution in [0.5, 0.6) is 5.88 Å². The van der Waals surface area contributed by atoms with Crippen molar-refractivity contribution in [3.63, 3.8) is 0 Å². The van der Waals surface area contributed by atoms with Gasteiger partial charge in [-0.15, -0.1) is 0 Å². The van der Waals surface area contributed by atoms with Crippen molar-refractivity contribution in [2.24, 2.45) is 0 Å². The van der Waals surface area contributed by atoms with Gasteiger partial charge in [-0.05, 0) is 49.4 Å². The Labute approximate surface area is 156 Å². The summed E-state index contributed by atoms with van der Waals surface area (Å²) in [5.41, 5.74) is 1.05. The lowest BCUT2D eigenvalue weighted by molar-refractivity contribution is 0.396. The second-order valence-electron chi connectivity index (χ2n) is 5.61. The van der Waals surface area contributed by atoms with Crippen LogP contribution in [0.2, 0.25) is 0 Å². The quantitative estimate of drug-likeness (QED) is 0.672. The Kier molecular flexibility index (Phi) is 5.22. The highest BCUT2D eigenvalue weighted by atomic mass is 32.2. The number of ether oxygens (including phenoxy) is 1. The van der Waals surface area contributed by atoms with Gasteiger partial charge in [0.1, 0.15) is 17.5 Å². The van der Waals surface area contributed by atoms with Crippen LogP contribution in [-0.2, 0) is 10.0 Å². The van der Waals surface area contributed by atoms with Crippen LogP contribution in [0.15, 0.2) is 59.5 Å². The summed E-state index contributed by atoms with van der Waals surface area (Å²) in [6, 6.07) is 13.0. The first-order chi connectivity index (χ1) is 12.9. The lowest BCUT2D eigenvalue weighted by Crippen LogP contribution is -2.13. The average molecular weight is 388 g/mol. The van der Waals surface area contributed by atoms with Crippen molar-refractivity contribution < 1.29 is 17.5 Å². The number of sulfonamides is 1. The molecule has 2 aromatic carbocycles. The van der Waals surface area contributed by atoms with E-state index in [4.69, 9.17) is 4.74 Å². The summed E-state index contributed by atoms with van der Waals surface area (Å²) in [7, 11) is -2.35. The lowest BCUT2D eigenvalue weighted by Gasteiger charge is -2.10. The number of aromatic nitrogens is 2. The zero-order valence-corrected chi connectivity index (χ0v) is 15.4. The van der Waals surface area contributed by atoms with Crippen molar-refractivity contribution in [3.05, 3.63) is 66.2 Å². The highest BCUT2D eigenvalue weighted by Crippen LogP contribution is 2.22. The van der Waals surface area contributed by atoms with Crippen LogP contribution in [0, 0.1) is 12.7 Å². The number of benzene rings is 2. The third-order valence-corrected chi connectivity index (χ3v) is 4.92. The van der Waals surface area contributed by atoms with Gasteiger partial charge in [0.25, 0.3) is 10.0 Å². The maximum absolute atomic E-state index is 13.3. The van der Waals surface area contributed by atoms with Crippen molar-refractivity contribution in [2.45, 2.75) is 11.8 Å². The normalized spacial score (nSPS) is 11.1. The number of anilines is 3. The molecule has 27 heavy (non-hydrogen) atoms. The standard InChI is InChI=1S/C18H17FN4O3S/c1-12-20-17(11-18(21-12)26-2)22-14-6-8-15(9-7-14)23-27(24,25)16-5-3-4-13(19)10-16/h3-11,23H,1-2H3,(H,20,21,22). The van der Waals surface area contributed by atoms with Crippen LogP contribution in [0.4, 0.5) is 21.6 Å². The molecule has 0 aliphatic heterocycles. The maximum atomic E-state index is 13.3. The topological polar surface area (TPSA) is 93.2 Å². The Bertz CT molecular complexity index is 1060. The summed E-state index contributed by atoms with van der Waals surface area (Å²) >= 11 is 0. The molecule has 9 heteroatoms. The molecular weight excluding hydrogens is 371 g/mol. The molecule has 0 saturated carbocycles. The summed E-state index contributed by atoms with van der Waals surface area (Å²) in [6.45, 7) is 1.75. The zero-order valence-electron chi connectivity index (χ0n) is 14.6. The smallest absolute Gasteiger partial charge is 0.261 e. The second-order valence-corrected chi connectivity index (χ2v) is 7.29. The predicted molar refractivity (Wildman–Crippen MR) is 100 cm³/mol. The van der Waals surface area contributed by atoms with E-state index in [-0.39, 0.29) is 4.90 Å². The average Bonchev–Trinajstić information content (AvgIpc) is 2.62. The van der Waals surface area contributed by atoms with Gasteiger partial charge in [0, 0.05) is 17.4 Å². The van der Waals surface area contributed by atoms with Gasteiger partial charge in [0.15, 0.2) is 0 Å². The molecule has 0 fully saturated rings. The molecule has 0 bridgehead atoms. The van der Waals surface area contributed by atoms with Crippen LogP contribution in [0.25, 0.3) is 0 Å². The first-order valence-electron chi connectivity index (χ1n) is 7.91. The Morgan fingerprint density at radius 3 is 2.37 bits per heavy atom. The van der Waals surface area contributed by atoms with Crippen LogP contribution in [-0.4, -0.2) is 25.5 Å². The molecule has 2 N–H and O–H groups in total. The number of hydrogen-bond acceptors (Lipinski definition) is 6. The van der Waals surface area contributed by atoms with Crippen molar-refractivity contribution in [2.75, 3.05) is 17.1 Å². The van der Waals surface area contributed by atoms with Gasteiger partial charge >= 0.3 is 0 Å². The number of rotatable bonds is 6. The van der Waals surface area contributed by atoms with Crippen molar-refractivity contribution in [1.82, 2.24) is 9.97 Å². The maximum Gasteiger partial charge on any atom is 0.261 e. The van der Waals surface area contributed by atoms with Crippen molar-refractivity contribution >= 4 is 27.2 Å². The molecule has 0 atom stereocenters. The van der Waals surface area contributed by atoms with Gasteiger partial charge < -0.3 is 10.1 Å². The monoisotopic (exact) mass is 388 g/mol. The zero-order chi connectivity index (χ0) is 19.4. The Hall–Kier alpha value is -3.20. The van der Waals surface area contributed by atoms with E-state index in [2.05, 4.69) is 20.0 Å². The SMILES string of the molecule is COc1cc(Nc2ccc(NS(=O)(=O)c3cccc(F)c3)cc2)nc(C)n1. The Balaban J connectivity index is 1.75. The molecule has 3 rings (SSSR count). The number of nitrogens with one attached hydrogen (secondary N) is 2. The third kappa shape index (κ3) is 4.70. The summed E-state index contributed by atoms with van der Waals surface area (Å²) in [5.74, 6) is 0.918. The molecule has 1 aromatic heterocycles. The van der Waals surface area contributed by atoms with E-state index >= 15 is 0 Å². The van der Waals surface area contributed by atoms with Crippen LogP contribution in [0.3, 0.4) is 0 Å². The molecule has 140 valence electrons. The van der Waals surface area contributed by atoms with Gasteiger partial charge in [-0.2, -0.15) is 4.98 Å².